The predicted octanol–water partition coefficient (Wildman–Crippen LogP) is 3.70. The van der Waals surface area contributed by atoms with Crippen molar-refractivity contribution in [3.63, 3.8) is 0 Å². The quantitative estimate of drug-likeness (QED) is 0.923. The van der Waals surface area contributed by atoms with Crippen LogP contribution in [0.4, 0.5) is 10.1 Å². The molecule has 0 aliphatic heterocycles. The van der Waals surface area contributed by atoms with Gasteiger partial charge in [-0.15, -0.1) is 0 Å². The van der Waals surface area contributed by atoms with Gasteiger partial charge in [-0.3, -0.25) is 4.72 Å². The largest absolute Gasteiger partial charge is 0.280 e. The second-order valence-electron chi connectivity index (χ2n) is 4.00. The van der Waals surface area contributed by atoms with Gasteiger partial charge in [-0.2, -0.15) is 0 Å². The lowest BCUT2D eigenvalue weighted by molar-refractivity contribution is 0.600. The van der Waals surface area contributed by atoms with E-state index in [1.807, 2.05) is 0 Å². The van der Waals surface area contributed by atoms with Gasteiger partial charge in [0.05, 0.1) is 0 Å². The lowest BCUT2D eigenvalue weighted by Gasteiger charge is -2.10. The molecule has 1 N–H and O–H groups in total. The van der Waals surface area contributed by atoms with E-state index in [2.05, 4.69) is 20.7 Å². The van der Waals surface area contributed by atoms with Crippen LogP contribution < -0.4 is 4.72 Å². The van der Waals surface area contributed by atoms with E-state index in [1.165, 1.54) is 24.3 Å². The van der Waals surface area contributed by atoms with Crippen molar-refractivity contribution < 1.29 is 12.8 Å². The van der Waals surface area contributed by atoms with Crippen LogP contribution in [0.3, 0.4) is 0 Å². The van der Waals surface area contributed by atoms with E-state index in [4.69, 9.17) is 0 Å². The Balaban J connectivity index is 2.37. The summed E-state index contributed by atoms with van der Waals surface area (Å²) in [6, 6.07) is 10.6. The first-order valence-corrected chi connectivity index (χ1v) is 7.71. The maximum atomic E-state index is 13.1. The summed E-state index contributed by atoms with van der Waals surface area (Å²) in [5.41, 5.74) is 0.710. The average Bonchev–Trinajstić information content (AvgIpc) is 2.34. The average molecular weight is 344 g/mol. The molecular formula is C13H11BrFNO2S. The van der Waals surface area contributed by atoms with Crippen LogP contribution >= 0.6 is 15.9 Å². The molecule has 2 rings (SSSR count). The van der Waals surface area contributed by atoms with Gasteiger partial charge in [0.1, 0.15) is 10.7 Å². The van der Waals surface area contributed by atoms with E-state index >= 15 is 0 Å². The number of hydrogen-bond acceptors (Lipinski definition) is 2. The highest BCUT2D eigenvalue weighted by Gasteiger charge is 2.17. The number of anilines is 1. The lowest BCUT2D eigenvalue weighted by Crippen LogP contribution is -2.13. The smallest absolute Gasteiger partial charge is 0.263 e. The molecule has 0 unspecified atom stereocenters. The standard InChI is InChI=1S/C13H11BrFNO2S/c1-9-8-10(6-7-12(9)15)16-19(17,18)13-5-3-2-4-11(13)14/h2-8,16H,1H3. The number of nitrogens with one attached hydrogen (secondary N) is 1. The first-order valence-electron chi connectivity index (χ1n) is 5.43. The van der Waals surface area contributed by atoms with Crippen LogP contribution in [-0.2, 0) is 10.0 Å². The third-order valence-corrected chi connectivity index (χ3v) is 4.93. The van der Waals surface area contributed by atoms with Crippen molar-refractivity contribution in [3.05, 3.63) is 58.3 Å². The van der Waals surface area contributed by atoms with Crippen molar-refractivity contribution in [1.29, 1.82) is 0 Å². The zero-order chi connectivity index (χ0) is 14.0. The summed E-state index contributed by atoms with van der Waals surface area (Å²) in [7, 11) is -3.69. The van der Waals surface area contributed by atoms with E-state index in [0.717, 1.165) is 0 Å². The molecule has 0 aliphatic rings. The van der Waals surface area contributed by atoms with Crippen molar-refractivity contribution in [2.24, 2.45) is 0 Å². The molecule has 0 heterocycles. The van der Waals surface area contributed by atoms with Gasteiger partial charge >= 0.3 is 0 Å². The normalized spacial score (nSPS) is 11.3. The zero-order valence-electron chi connectivity index (χ0n) is 10.0. The molecule has 0 amide bonds. The molecule has 19 heavy (non-hydrogen) atoms. The molecule has 0 spiro atoms. The summed E-state index contributed by atoms with van der Waals surface area (Å²) in [6.45, 7) is 1.57. The Hall–Kier alpha value is -1.40. The number of halogens is 2. The van der Waals surface area contributed by atoms with Crippen molar-refractivity contribution in [3.8, 4) is 0 Å². The van der Waals surface area contributed by atoms with E-state index in [9.17, 15) is 12.8 Å². The molecule has 2 aromatic carbocycles. The van der Waals surface area contributed by atoms with Gasteiger partial charge in [-0.05, 0) is 58.7 Å². The maximum absolute atomic E-state index is 13.1. The van der Waals surface area contributed by atoms with Gasteiger partial charge < -0.3 is 0 Å². The second kappa shape index (κ2) is 5.30. The van der Waals surface area contributed by atoms with Crippen LogP contribution in [-0.4, -0.2) is 8.42 Å². The topological polar surface area (TPSA) is 46.2 Å². The Morgan fingerprint density at radius 2 is 1.84 bits per heavy atom. The summed E-state index contributed by atoms with van der Waals surface area (Å²) in [5, 5.41) is 0. The summed E-state index contributed by atoms with van der Waals surface area (Å²) < 4.78 is 40.4. The lowest BCUT2D eigenvalue weighted by atomic mass is 10.2. The highest BCUT2D eigenvalue weighted by Crippen LogP contribution is 2.24. The Bertz CT molecular complexity index is 716. The second-order valence-corrected chi connectivity index (χ2v) is 6.51. The summed E-state index contributed by atoms with van der Waals surface area (Å²) in [4.78, 5) is 0.136. The molecule has 0 bridgehead atoms. The maximum Gasteiger partial charge on any atom is 0.263 e. The third-order valence-electron chi connectivity index (χ3n) is 2.54. The fraction of sp³-hybridized carbons (Fsp3) is 0.0769. The van der Waals surface area contributed by atoms with Gasteiger partial charge in [-0.25, -0.2) is 12.8 Å². The summed E-state index contributed by atoms with van der Waals surface area (Å²) >= 11 is 3.19. The fourth-order valence-corrected chi connectivity index (χ4v) is 3.63. The Kier molecular flexibility index (Phi) is 3.91. The van der Waals surface area contributed by atoms with Crippen LogP contribution in [0.15, 0.2) is 51.8 Å². The molecule has 2 aromatic rings. The summed E-state index contributed by atoms with van der Waals surface area (Å²) in [5.74, 6) is -0.371. The van der Waals surface area contributed by atoms with Gasteiger partial charge in [0.15, 0.2) is 0 Å². The van der Waals surface area contributed by atoms with Crippen molar-refractivity contribution in [2.45, 2.75) is 11.8 Å². The van der Waals surface area contributed by atoms with Crippen LogP contribution in [0.25, 0.3) is 0 Å². The highest BCUT2D eigenvalue weighted by atomic mass is 79.9. The van der Waals surface area contributed by atoms with Crippen molar-refractivity contribution >= 4 is 31.6 Å². The van der Waals surface area contributed by atoms with Crippen LogP contribution in [0.5, 0.6) is 0 Å². The van der Waals surface area contributed by atoms with E-state index in [0.29, 0.717) is 15.7 Å². The molecule has 0 aromatic heterocycles. The Morgan fingerprint density at radius 1 is 1.16 bits per heavy atom. The summed E-state index contributed by atoms with van der Waals surface area (Å²) in [6.07, 6.45) is 0. The first kappa shape index (κ1) is 14.0. The predicted molar refractivity (Wildman–Crippen MR) is 76.1 cm³/mol. The third kappa shape index (κ3) is 3.13. The highest BCUT2D eigenvalue weighted by molar-refractivity contribution is 9.10. The minimum Gasteiger partial charge on any atom is -0.280 e. The molecule has 0 saturated heterocycles. The number of hydrogen-bond donors (Lipinski definition) is 1. The fourth-order valence-electron chi connectivity index (χ4n) is 1.58. The SMILES string of the molecule is Cc1cc(NS(=O)(=O)c2ccccc2Br)ccc1F. The molecular weight excluding hydrogens is 333 g/mol. The zero-order valence-corrected chi connectivity index (χ0v) is 12.4. The Morgan fingerprint density at radius 3 is 2.47 bits per heavy atom. The van der Waals surface area contributed by atoms with Gasteiger partial charge in [0.25, 0.3) is 10.0 Å². The first-order chi connectivity index (χ1) is 8.90. The minimum absolute atomic E-state index is 0.136. The monoisotopic (exact) mass is 343 g/mol. The van der Waals surface area contributed by atoms with Gasteiger partial charge in [0.2, 0.25) is 0 Å². The number of benzene rings is 2. The Labute approximate surface area is 119 Å². The van der Waals surface area contributed by atoms with E-state index < -0.39 is 10.0 Å². The molecule has 0 atom stereocenters. The molecule has 100 valence electrons. The van der Waals surface area contributed by atoms with E-state index in [1.54, 1.807) is 25.1 Å². The van der Waals surface area contributed by atoms with Crippen molar-refractivity contribution in [2.75, 3.05) is 4.72 Å². The van der Waals surface area contributed by atoms with Crippen LogP contribution in [0, 0.1) is 12.7 Å². The molecule has 0 fully saturated rings. The van der Waals surface area contributed by atoms with Crippen molar-refractivity contribution in [1.82, 2.24) is 0 Å². The van der Waals surface area contributed by atoms with Crippen LogP contribution in [0.2, 0.25) is 0 Å². The number of rotatable bonds is 3. The molecule has 3 nitrogen and oxygen atoms in total. The molecule has 0 radical (unpaired) electrons. The minimum atomic E-state index is -3.69. The molecule has 6 heteroatoms. The molecule has 0 aliphatic carbocycles. The number of sulfonamides is 1. The van der Waals surface area contributed by atoms with Crippen LogP contribution in [0.1, 0.15) is 5.56 Å². The molecule has 0 saturated carbocycles. The van der Waals surface area contributed by atoms with Gasteiger partial charge in [0, 0.05) is 10.2 Å². The van der Waals surface area contributed by atoms with Gasteiger partial charge in [-0.1, -0.05) is 12.1 Å². The van der Waals surface area contributed by atoms with E-state index in [-0.39, 0.29) is 10.7 Å². The number of aryl methyl sites for hydroxylation is 1.